The van der Waals surface area contributed by atoms with Gasteiger partial charge in [0, 0.05) is 18.2 Å². The molecule has 9 heteroatoms. The first-order chi connectivity index (χ1) is 12.4. The molecule has 2 aromatic rings. The number of hydrogen-bond donors (Lipinski definition) is 2. The van der Waals surface area contributed by atoms with Gasteiger partial charge in [-0.3, -0.25) is 14.9 Å². The lowest BCUT2D eigenvalue weighted by Crippen LogP contribution is -2.22. The van der Waals surface area contributed by atoms with Crippen LogP contribution >= 0.6 is 11.6 Å². The molecule has 0 saturated heterocycles. The van der Waals surface area contributed by atoms with Crippen molar-refractivity contribution in [1.29, 1.82) is 0 Å². The number of carbonyl (C=O) groups excluding carboxylic acids is 1. The SMILES string of the molecule is Cc1ccc(NC(=O)CNc2cc3c(cc2Cl)OCCO3)c([N+](=O)[O-])c1. The molecular weight excluding hydrogens is 362 g/mol. The average Bonchev–Trinajstić information content (AvgIpc) is 2.61. The van der Waals surface area contributed by atoms with Crippen LogP contribution < -0.4 is 20.1 Å². The minimum Gasteiger partial charge on any atom is -0.486 e. The van der Waals surface area contributed by atoms with Crippen molar-refractivity contribution in [3.05, 3.63) is 51.0 Å². The highest BCUT2D eigenvalue weighted by Gasteiger charge is 2.18. The van der Waals surface area contributed by atoms with Crippen LogP contribution in [0.1, 0.15) is 5.56 Å². The zero-order chi connectivity index (χ0) is 18.7. The first-order valence-corrected chi connectivity index (χ1v) is 8.20. The molecule has 2 N–H and O–H groups in total. The van der Waals surface area contributed by atoms with E-state index in [1.54, 1.807) is 25.1 Å². The number of anilines is 2. The van der Waals surface area contributed by atoms with E-state index in [9.17, 15) is 14.9 Å². The molecule has 0 fully saturated rings. The van der Waals surface area contributed by atoms with Gasteiger partial charge < -0.3 is 20.1 Å². The zero-order valence-corrected chi connectivity index (χ0v) is 14.6. The fourth-order valence-electron chi connectivity index (χ4n) is 2.47. The Kier molecular flexibility index (Phi) is 5.13. The van der Waals surface area contributed by atoms with Gasteiger partial charge in [-0.1, -0.05) is 17.7 Å². The molecule has 136 valence electrons. The van der Waals surface area contributed by atoms with E-state index in [4.69, 9.17) is 21.1 Å². The van der Waals surface area contributed by atoms with Crippen molar-refractivity contribution in [1.82, 2.24) is 0 Å². The molecule has 8 nitrogen and oxygen atoms in total. The molecule has 3 rings (SSSR count). The molecule has 26 heavy (non-hydrogen) atoms. The zero-order valence-electron chi connectivity index (χ0n) is 13.9. The number of hydrogen-bond acceptors (Lipinski definition) is 6. The number of fused-ring (bicyclic) bond motifs is 1. The Balaban J connectivity index is 1.67. The monoisotopic (exact) mass is 377 g/mol. The molecule has 0 atom stereocenters. The molecule has 0 saturated carbocycles. The summed E-state index contributed by atoms with van der Waals surface area (Å²) in [5, 5.41) is 16.9. The van der Waals surface area contributed by atoms with E-state index in [-0.39, 0.29) is 17.9 Å². The summed E-state index contributed by atoms with van der Waals surface area (Å²) in [4.78, 5) is 22.7. The Bertz CT molecular complexity index is 872. The highest BCUT2D eigenvalue weighted by atomic mass is 35.5. The van der Waals surface area contributed by atoms with Crippen molar-refractivity contribution < 1.29 is 19.2 Å². The second kappa shape index (κ2) is 7.49. The van der Waals surface area contributed by atoms with Gasteiger partial charge in [0.1, 0.15) is 18.9 Å². The fraction of sp³-hybridized carbons (Fsp3) is 0.235. The maximum absolute atomic E-state index is 12.2. The third-order valence-corrected chi connectivity index (χ3v) is 4.01. The minimum absolute atomic E-state index is 0.121. The molecule has 0 spiro atoms. The van der Waals surface area contributed by atoms with Crippen LogP contribution in [-0.4, -0.2) is 30.6 Å². The number of ether oxygens (including phenoxy) is 2. The van der Waals surface area contributed by atoms with Crippen LogP contribution in [0, 0.1) is 17.0 Å². The van der Waals surface area contributed by atoms with Gasteiger partial charge >= 0.3 is 0 Å². The molecule has 0 aromatic heterocycles. The molecule has 0 radical (unpaired) electrons. The summed E-state index contributed by atoms with van der Waals surface area (Å²) in [6.07, 6.45) is 0. The molecule has 1 amide bonds. The third-order valence-electron chi connectivity index (χ3n) is 3.70. The van der Waals surface area contributed by atoms with E-state index < -0.39 is 10.8 Å². The van der Waals surface area contributed by atoms with Crippen LogP contribution in [0.4, 0.5) is 17.1 Å². The van der Waals surface area contributed by atoms with Crippen molar-refractivity contribution in [2.45, 2.75) is 6.92 Å². The summed E-state index contributed by atoms with van der Waals surface area (Å²) in [5.41, 5.74) is 1.22. The summed E-state index contributed by atoms with van der Waals surface area (Å²) < 4.78 is 10.9. The van der Waals surface area contributed by atoms with Crippen molar-refractivity contribution in [3.63, 3.8) is 0 Å². The van der Waals surface area contributed by atoms with Gasteiger partial charge in [-0.15, -0.1) is 0 Å². The maximum Gasteiger partial charge on any atom is 0.293 e. The molecule has 1 heterocycles. The first-order valence-electron chi connectivity index (χ1n) is 7.82. The van der Waals surface area contributed by atoms with Crippen LogP contribution in [0.5, 0.6) is 11.5 Å². The molecule has 0 unspecified atom stereocenters. The maximum atomic E-state index is 12.2. The van der Waals surface area contributed by atoms with Crippen LogP contribution in [0.3, 0.4) is 0 Å². The summed E-state index contributed by atoms with van der Waals surface area (Å²) >= 11 is 6.17. The topological polar surface area (TPSA) is 103 Å². The average molecular weight is 378 g/mol. The summed E-state index contributed by atoms with van der Waals surface area (Å²) in [7, 11) is 0. The fourth-order valence-corrected chi connectivity index (χ4v) is 2.69. The highest BCUT2D eigenvalue weighted by molar-refractivity contribution is 6.33. The van der Waals surface area contributed by atoms with E-state index in [0.717, 1.165) is 5.56 Å². The van der Waals surface area contributed by atoms with Gasteiger partial charge in [0.05, 0.1) is 22.2 Å². The standard InChI is InChI=1S/C17H16ClN3O5/c1-10-2-3-12(14(6-10)21(23)24)20-17(22)9-19-13-8-16-15(7-11(13)18)25-4-5-26-16/h2-3,6-8,19H,4-5,9H2,1H3,(H,20,22). The van der Waals surface area contributed by atoms with E-state index >= 15 is 0 Å². The summed E-state index contributed by atoms with van der Waals surface area (Å²) in [5.74, 6) is 0.646. The van der Waals surface area contributed by atoms with Gasteiger partial charge in [0.15, 0.2) is 11.5 Å². The molecule has 0 bridgehead atoms. The van der Waals surface area contributed by atoms with Gasteiger partial charge in [-0.25, -0.2) is 0 Å². The number of nitrogens with zero attached hydrogens (tertiary/aromatic N) is 1. The first kappa shape index (κ1) is 17.8. The molecule has 1 aliphatic rings. The number of amides is 1. The van der Waals surface area contributed by atoms with Gasteiger partial charge in [0.25, 0.3) is 5.69 Å². The number of nitro benzene ring substituents is 1. The lowest BCUT2D eigenvalue weighted by atomic mass is 10.2. The number of rotatable bonds is 5. The van der Waals surface area contributed by atoms with E-state index in [1.165, 1.54) is 12.1 Å². The second-order valence-corrected chi connectivity index (χ2v) is 6.06. The van der Waals surface area contributed by atoms with Crippen LogP contribution in [-0.2, 0) is 4.79 Å². The number of nitrogens with one attached hydrogen (secondary N) is 2. The second-order valence-electron chi connectivity index (χ2n) is 5.66. The lowest BCUT2D eigenvalue weighted by molar-refractivity contribution is -0.384. The Morgan fingerprint density at radius 3 is 2.58 bits per heavy atom. The largest absolute Gasteiger partial charge is 0.486 e. The van der Waals surface area contributed by atoms with Crippen molar-refractivity contribution in [3.8, 4) is 11.5 Å². The summed E-state index contributed by atoms with van der Waals surface area (Å²) in [6.45, 7) is 2.51. The predicted octanol–water partition coefficient (Wildman–Crippen LogP) is 3.38. The number of aryl methyl sites for hydroxylation is 1. The van der Waals surface area contributed by atoms with Crippen LogP contribution in [0.25, 0.3) is 0 Å². The van der Waals surface area contributed by atoms with Crippen molar-refractivity contribution in [2.75, 3.05) is 30.4 Å². The van der Waals surface area contributed by atoms with E-state index in [1.807, 2.05) is 0 Å². The van der Waals surface area contributed by atoms with E-state index in [0.29, 0.717) is 35.4 Å². The minimum atomic E-state index is -0.534. The van der Waals surface area contributed by atoms with Gasteiger partial charge in [0.2, 0.25) is 5.91 Å². The Morgan fingerprint density at radius 1 is 1.19 bits per heavy atom. The van der Waals surface area contributed by atoms with Gasteiger partial charge in [-0.05, 0) is 18.6 Å². The van der Waals surface area contributed by atoms with E-state index in [2.05, 4.69) is 10.6 Å². The summed E-state index contributed by atoms with van der Waals surface area (Å²) in [6, 6.07) is 7.86. The number of benzene rings is 2. The highest BCUT2D eigenvalue weighted by Crippen LogP contribution is 2.37. The van der Waals surface area contributed by atoms with Crippen LogP contribution in [0.15, 0.2) is 30.3 Å². The quantitative estimate of drug-likeness (QED) is 0.611. The Hall–Kier alpha value is -3.00. The predicted molar refractivity (Wildman–Crippen MR) is 97.4 cm³/mol. The normalized spacial score (nSPS) is 12.4. The molecule has 0 aliphatic carbocycles. The molecule has 1 aliphatic heterocycles. The Labute approximate surface area is 154 Å². The molecule has 2 aromatic carbocycles. The number of halogens is 1. The Morgan fingerprint density at radius 2 is 1.88 bits per heavy atom. The van der Waals surface area contributed by atoms with Gasteiger partial charge in [-0.2, -0.15) is 0 Å². The lowest BCUT2D eigenvalue weighted by Gasteiger charge is -2.20. The third kappa shape index (κ3) is 3.97. The smallest absolute Gasteiger partial charge is 0.293 e. The van der Waals surface area contributed by atoms with Crippen LogP contribution in [0.2, 0.25) is 5.02 Å². The van der Waals surface area contributed by atoms with Crippen molar-refractivity contribution >= 4 is 34.6 Å². The number of carbonyl (C=O) groups is 1. The van der Waals surface area contributed by atoms with Crippen molar-refractivity contribution in [2.24, 2.45) is 0 Å². The number of nitro groups is 1. The molecular formula is C17H16ClN3O5.